The summed E-state index contributed by atoms with van der Waals surface area (Å²) in [6.07, 6.45) is 1.07. The number of carbonyl (C=O) groups is 1. The van der Waals surface area contributed by atoms with Gasteiger partial charge in [-0.05, 0) is 24.1 Å². The second kappa shape index (κ2) is 9.09. The van der Waals surface area contributed by atoms with Crippen LogP contribution in [0.25, 0.3) is 10.9 Å². The van der Waals surface area contributed by atoms with Gasteiger partial charge in [-0.1, -0.05) is 42.5 Å². The number of aryl methyl sites for hydroxylation is 1. The number of H-pyrrole nitrogens is 1. The number of carbonyl (C=O) groups excluding carboxylic acids is 1. The maximum absolute atomic E-state index is 12.7. The fourth-order valence-corrected chi connectivity index (χ4v) is 2.94. The van der Waals surface area contributed by atoms with Crippen molar-refractivity contribution in [2.24, 2.45) is 0 Å². The highest BCUT2D eigenvalue weighted by Gasteiger charge is 2.16. The van der Waals surface area contributed by atoms with Crippen LogP contribution in [0.2, 0.25) is 0 Å². The minimum Gasteiger partial charge on any atom is -0.383 e. The van der Waals surface area contributed by atoms with Gasteiger partial charge in [-0.2, -0.15) is 0 Å². The van der Waals surface area contributed by atoms with E-state index < -0.39 is 0 Å². The van der Waals surface area contributed by atoms with Crippen molar-refractivity contribution in [1.82, 2.24) is 14.9 Å². The second-order valence-corrected chi connectivity index (χ2v) is 6.32. The largest absolute Gasteiger partial charge is 0.383 e. The lowest BCUT2D eigenvalue weighted by molar-refractivity contribution is -0.132. The lowest BCUT2D eigenvalue weighted by Crippen LogP contribution is -2.34. The number of nitrogens with zero attached hydrogens (tertiary/aromatic N) is 2. The van der Waals surface area contributed by atoms with E-state index in [-0.39, 0.29) is 18.0 Å². The molecule has 0 spiro atoms. The molecule has 1 heterocycles. The van der Waals surface area contributed by atoms with Crippen LogP contribution >= 0.6 is 0 Å². The molecule has 1 aromatic heterocycles. The van der Waals surface area contributed by atoms with Crippen molar-refractivity contribution in [3.63, 3.8) is 0 Å². The Hall–Kier alpha value is -2.99. The van der Waals surface area contributed by atoms with Gasteiger partial charge in [-0.25, -0.2) is 4.98 Å². The molecule has 27 heavy (non-hydrogen) atoms. The van der Waals surface area contributed by atoms with E-state index in [2.05, 4.69) is 9.97 Å². The van der Waals surface area contributed by atoms with Crippen molar-refractivity contribution in [3.8, 4) is 0 Å². The molecule has 0 saturated heterocycles. The quantitative estimate of drug-likeness (QED) is 0.666. The predicted octanol–water partition coefficient (Wildman–Crippen LogP) is 2.53. The first-order valence-electron chi connectivity index (χ1n) is 8.96. The van der Waals surface area contributed by atoms with Crippen LogP contribution in [0.1, 0.15) is 17.8 Å². The Balaban J connectivity index is 1.74. The lowest BCUT2D eigenvalue weighted by atomic mass is 10.1. The molecule has 0 atom stereocenters. The molecule has 1 N–H and O–H groups in total. The van der Waals surface area contributed by atoms with Crippen molar-refractivity contribution in [2.45, 2.75) is 19.4 Å². The summed E-state index contributed by atoms with van der Waals surface area (Å²) in [6.45, 7) is 1.12. The van der Waals surface area contributed by atoms with E-state index in [0.717, 1.165) is 5.56 Å². The highest BCUT2D eigenvalue weighted by Crippen LogP contribution is 2.10. The Kier molecular flexibility index (Phi) is 6.33. The summed E-state index contributed by atoms with van der Waals surface area (Å²) in [6, 6.07) is 17.1. The summed E-state index contributed by atoms with van der Waals surface area (Å²) in [5, 5.41) is 0.542. The summed E-state index contributed by atoms with van der Waals surface area (Å²) in [7, 11) is 1.60. The standard InChI is InChI=1S/C21H23N3O3/c1-27-14-13-24(20(25)12-11-16-7-3-2-4-8-16)15-19-22-18-10-6-5-9-17(18)21(26)23-19/h2-10H,11-15H2,1H3,(H,22,23,26). The maximum Gasteiger partial charge on any atom is 0.258 e. The van der Waals surface area contributed by atoms with Crippen LogP contribution in [-0.4, -0.2) is 41.0 Å². The summed E-state index contributed by atoms with van der Waals surface area (Å²) >= 11 is 0. The van der Waals surface area contributed by atoms with Crippen LogP contribution in [0, 0.1) is 0 Å². The number of para-hydroxylation sites is 1. The molecule has 140 valence electrons. The second-order valence-electron chi connectivity index (χ2n) is 6.32. The molecular weight excluding hydrogens is 342 g/mol. The first kappa shape index (κ1) is 18.8. The van der Waals surface area contributed by atoms with E-state index in [1.807, 2.05) is 36.4 Å². The molecule has 0 radical (unpaired) electrons. The molecule has 0 bridgehead atoms. The number of hydrogen-bond donors (Lipinski definition) is 1. The van der Waals surface area contributed by atoms with Crippen LogP contribution < -0.4 is 5.56 Å². The van der Waals surface area contributed by atoms with Crippen LogP contribution in [0.15, 0.2) is 59.4 Å². The van der Waals surface area contributed by atoms with Gasteiger partial charge in [0.15, 0.2) is 0 Å². The molecule has 6 heteroatoms. The minimum absolute atomic E-state index is 0.00621. The third kappa shape index (κ3) is 5.01. The molecule has 3 aromatic rings. The lowest BCUT2D eigenvalue weighted by Gasteiger charge is -2.22. The van der Waals surface area contributed by atoms with E-state index >= 15 is 0 Å². The number of nitrogens with one attached hydrogen (secondary N) is 1. The summed E-state index contributed by atoms with van der Waals surface area (Å²) in [5.74, 6) is 0.481. The maximum atomic E-state index is 12.7. The monoisotopic (exact) mass is 365 g/mol. The number of methoxy groups -OCH3 is 1. The number of rotatable bonds is 8. The zero-order valence-electron chi connectivity index (χ0n) is 15.4. The average Bonchev–Trinajstić information content (AvgIpc) is 2.70. The minimum atomic E-state index is -0.195. The van der Waals surface area contributed by atoms with E-state index in [4.69, 9.17) is 4.74 Å². The summed E-state index contributed by atoms with van der Waals surface area (Å²) in [5.41, 5.74) is 1.55. The number of aromatic amines is 1. The van der Waals surface area contributed by atoms with Crippen molar-refractivity contribution in [1.29, 1.82) is 0 Å². The van der Waals surface area contributed by atoms with E-state index in [9.17, 15) is 9.59 Å². The van der Waals surface area contributed by atoms with Crippen molar-refractivity contribution in [2.75, 3.05) is 20.3 Å². The van der Waals surface area contributed by atoms with Gasteiger partial charge in [0, 0.05) is 20.1 Å². The van der Waals surface area contributed by atoms with Crippen LogP contribution in [-0.2, 0) is 22.5 Å². The fraction of sp³-hybridized carbons (Fsp3) is 0.286. The number of ether oxygens (including phenoxy) is 1. The van der Waals surface area contributed by atoms with Crippen molar-refractivity contribution in [3.05, 3.63) is 76.3 Å². The molecular formula is C21H23N3O3. The van der Waals surface area contributed by atoms with Gasteiger partial charge >= 0.3 is 0 Å². The van der Waals surface area contributed by atoms with Crippen molar-refractivity contribution >= 4 is 16.8 Å². The number of hydrogen-bond acceptors (Lipinski definition) is 4. The fourth-order valence-electron chi connectivity index (χ4n) is 2.94. The highest BCUT2D eigenvalue weighted by atomic mass is 16.5. The topological polar surface area (TPSA) is 75.3 Å². The smallest absolute Gasteiger partial charge is 0.258 e. The number of aromatic nitrogens is 2. The molecule has 3 rings (SSSR count). The third-order valence-electron chi connectivity index (χ3n) is 4.39. The Morgan fingerprint density at radius 1 is 1.11 bits per heavy atom. The summed E-state index contributed by atoms with van der Waals surface area (Å²) in [4.78, 5) is 33.9. The SMILES string of the molecule is COCCN(Cc1nc2ccccc2c(=O)[nH]1)C(=O)CCc1ccccc1. The number of amides is 1. The molecule has 1 amide bonds. The zero-order chi connectivity index (χ0) is 19.1. The van der Waals surface area contributed by atoms with E-state index in [0.29, 0.717) is 42.7 Å². The Morgan fingerprint density at radius 3 is 2.63 bits per heavy atom. The Bertz CT molecular complexity index is 954. The first-order chi connectivity index (χ1) is 13.2. The number of benzene rings is 2. The van der Waals surface area contributed by atoms with Gasteiger partial charge in [0.25, 0.3) is 5.56 Å². The van der Waals surface area contributed by atoms with Gasteiger partial charge in [0.1, 0.15) is 5.82 Å². The van der Waals surface area contributed by atoms with Gasteiger partial charge in [0.05, 0.1) is 24.1 Å². The molecule has 0 aliphatic heterocycles. The first-order valence-corrected chi connectivity index (χ1v) is 8.96. The van der Waals surface area contributed by atoms with E-state index in [1.54, 1.807) is 30.2 Å². The number of fused-ring (bicyclic) bond motifs is 1. The van der Waals surface area contributed by atoms with Gasteiger partial charge in [-0.15, -0.1) is 0 Å². The molecule has 0 unspecified atom stereocenters. The normalized spacial score (nSPS) is 10.9. The molecule has 2 aromatic carbocycles. The van der Waals surface area contributed by atoms with Crippen LogP contribution in [0.5, 0.6) is 0 Å². The van der Waals surface area contributed by atoms with Gasteiger partial charge < -0.3 is 14.6 Å². The third-order valence-corrected chi connectivity index (χ3v) is 4.39. The molecule has 0 saturated carbocycles. The Labute approximate surface area is 157 Å². The van der Waals surface area contributed by atoms with Gasteiger partial charge in [0.2, 0.25) is 5.91 Å². The molecule has 6 nitrogen and oxygen atoms in total. The van der Waals surface area contributed by atoms with Crippen molar-refractivity contribution < 1.29 is 9.53 Å². The van der Waals surface area contributed by atoms with Crippen LogP contribution in [0.4, 0.5) is 0 Å². The zero-order valence-corrected chi connectivity index (χ0v) is 15.4. The molecule has 0 aliphatic carbocycles. The molecule has 0 aliphatic rings. The summed E-state index contributed by atoms with van der Waals surface area (Å²) < 4.78 is 5.13. The average molecular weight is 365 g/mol. The Morgan fingerprint density at radius 2 is 1.85 bits per heavy atom. The van der Waals surface area contributed by atoms with Crippen LogP contribution in [0.3, 0.4) is 0 Å². The highest BCUT2D eigenvalue weighted by molar-refractivity contribution is 5.78. The predicted molar refractivity (Wildman–Crippen MR) is 104 cm³/mol. The van der Waals surface area contributed by atoms with E-state index in [1.165, 1.54) is 0 Å². The molecule has 0 fully saturated rings. The van der Waals surface area contributed by atoms with Gasteiger partial charge in [-0.3, -0.25) is 9.59 Å².